The van der Waals surface area contributed by atoms with Crippen LogP contribution in [0.15, 0.2) is 48.7 Å². The highest BCUT2D eigenvalue weighted by Gasteiger charge is 2.23. The molecule has 6 nitrogen and oxygen atoms in total. The molecule has 0 fully saturated rings. The molecule has 0 atom stereocenters. The van der Waals surface area contributed by atoms with Gasteiger partial charge in [-0.15, -0.1) is 0 Å². The fourth-order valence-corrected chi connectivity index (χ4v) is 3.08. The molecule has 0 saturated carbocycles. The van der Waals surface area contributed by atoms with Gasteiger partial charge in [-0.05, 0) is 43.3 Å². The molecule has 0 aliphatic carbocycles. The lowest BCUT2D eigenvalue weighted by molar-refractivity contribution is -0.116. The number of carbonyl (C=O) groups is 1. The third-order valence-electron chi connectivity index (χ3n) is 4.36. The van der Waals surface area contributed by atoms with Crippen molar-refractivity contribution in [3.05, 3.63) is 59.8 Å². The summed E-state index contributed by atoms with van der Waals surface area (Å²) in [6, 6.07) is 13.3. The second-order valence-corrected chi connectivity index (χ2v) is 6.24. The lowest BCUT2D eigenvalue weighted by atomic mass is 10.0. The van der Waals surface area contributed by atoms with Gasteiger partial charge in [0.15, 0.2) is 0 Å². The number of hydrogen-bond donors (Lipinski definition) is 1. The lowest BCUT2D eigenvalue weighted by Gasteiger charge is -2.19. The molecular weight excluding hydrogens is 330 g/mol. The topological polar surface area (TPSA) is 65.4 Å². The number of nitrogens with zero attached hydrogens (tertiary/aromatic N) is 2. The Hall–Kier alpha value is -3.28. The van der Waals surface area contributed by atoms with E-state index in [1.54, 1.807) is 18.0 Å². The van der Waals surface area contributed by atoms with E-state index in [0.29, 0.717) is 6.61 Å². The number of hydrogen-bond acceptors (Lipinski definition) is 4. The number of nitrogens with one attached hydrogen (secondary N) is 1. The van der Waals surface area contributed by atoms with Crippen molar-refractivity contribution in [2.45, 2.75) is 20.1 Å². The minimum atomic E-state index is -0.137. The molecule has 1 N–H and O–H groups in total. The second kappa shape index (κ2) is 6.55. The van der Waals surface area contributed by atoms with Gasteiger partial charge < -0.3 is 14.8 Å². The molecule has 1 aliphatic heterocycles. The van der Waals surface area contributed by atoms with Crippen LogP contribution in [-0.2, 0) is 17.9 Å². The zero-order valence-electron chi connectivity index (χ0n) is 14.7. The first-order valence-corrected chi connectivity index (χ1v) is 8.36. The van der Waals surface area contributed by atoms with Gasteiger partial charge in [0.1, 0.15) is 24.7 Å². The molecule has 2 heterocycles. The summed E-state index contributed by atoms with van der Waals surface area (Å²) in [6.45, 7) is 2.63. The van der Waals surface area contributed by atoms with Crippen LogP contribution in [-0.4, -0.2) is 22.8 Å². The first-order chi connectivity index (χ1) is 12.6. The number of aromatic nitrogens is 2. The summed E-state index contributed by atoms with van der Waals surface area (Å²) in [7, 11) is 1.61. The van der Waals surface area contributed by atoms with E-state index in [9.17, 15) is 4.79 Å². The number of carbonyl (C=O) groups excluding carboxylic acids is 1. The van der Waals surface area contributed by atoms with Crippen molar-refractivity contribution in [2.75, 3.05) is 12.4 Å². The highest BCUT2D eigenvalue weighted by Crippen LogP contribution is 2.37. The summed E-state index contributed by atoms with van der Waals surface area (Å²) in [4.78, 5) is 12.5. The molecule has 2 aromatic carbocycles. The Kier molecular flexibility index (Phi) is 4.08. The Labute approximate surface area is 151 Å². The first kappa shape index (κ1) is 16.2. The molecule has 0 spiro atoms. The summed E-state index contributed by atoms with van der Waals surface area (Å²) >= 11 is 0. The molecule has 4 rings (SSSR count). The molecular formula is C20H19N3O3. The number of aryl methyl sites for hydroxylation is 1. The standard InChI is InChI=1S/C20H19N3O3/c1-13-3-8-18-17(9-13)20-14(12-26-18)10-21-23(20)11-19(24)22-15-4-6-16(25-2)7-5-15/h3-10H,11-12H2,1-2H3,(H,22,24). The average Bonchev–Trinajstić information content (AvgIpc) is 3.05. The van der Waals surface area contributed by atoms with Gasteiger partial charge in [0.05, 0.1) is 19.0 Å². The summed E-state index contributed by atoms with van der Waals surface area (Å²) in [6.07, 6.45) is 1.77. The SMILES string of the molecule is COc1ccc(NC(=O)Cn2ncc3c2-c2cc(C)ccc2OC3)cc1. The Morgan fingerprint density at radius 2 is 2.08 bits per heavy atom. The third kappa shape index (κ3) is 3.01. The lowest BCUT2D eigenvalue weighted by Crippen LogP contribution is -2.20. The number of rotatable bonds is 4. The van der Waals surface area contributed by atoms with Crippen molar-refractivity contribution in [3.8, 4) is 22.8 Å². The minimum Gasteiger partial charge on any atom is -0.497 e. The Balaban J connectivity index is 1.56. The van der Waals surface area contributed by atoms with Crippen LogP contribution in [0, 0.1) is 6.92 Å². The van der Waals surface area contributed by atoms with Gasteiger partial charge in [0, 0.05) is 16.8 Å². The maximum atomic E-state index is 12.5. The van der Waals surface area contributed by atoms with Gasteiger partial charge in [-0.3, -0.25) is 9.48 Å². The number of amides is 1. The summed E-state index contributed by atoms with van der Waals surface area (Å²) in [5, 5.41) is 7.28. The number of benzene rings is 2. The predicted molar refractivity (Wildman–Crippen MR) is 98.4 cm³/mol. The average molecular weight is 349 g/mol. The molecule has 1 aromatic heterocycles. The smallest absolute Gasteiger partial charge is 0.246 e. The highest BCUT2D eigenvalue weighted by atomic mass is 16.5. The van der Waals surface area contributed by atoms with Crippen molar-refractivity contribution in [3.63, 3.8) is 0 Å². The van der Waals surface area contributed by atoms with E-state index in [1.807, 2.05) is 43.3 Å². The zero-order valence-corrected chi connectivity index (χ0v) is 14.7. The van der Waals surface area contributed by atoms with E-state index in [1.165, 1.54) is 0 Å². The molecule has 0 bridgehead atoms. The first-order valence-electron chi connectivity index (χ1n) is 8.36. The van der Waals surface area contributed by atoms with Crippen LogP contribution >= 0.6 is 0 Å². The fourth-order valence-electron chi connectivity index (χ4n) is 3.08. The quantitative estimate of drug-likeness (QED) is 0.784. The Bertz CT molecular complexity index is 961. The van der Waals surface area contributed by atoms with Crippen LogP contribution in [0.25, 0.3) is 11.3 Å². The van der Waals surface area contributed by atoms with Crippen molar-refractivity contribution in [2.24, 2.45) is 0 Å². The molecule has 0 unspecified atom stereocenters. The van der Waals surface area contributed by atoms with E-state index in [4.69, 9.17) is 9.47 Å². The third-order valence-corrected chi connectivity index (χ3v) is 4.36. The van der Waals surface area contributed by atoms with Crippen LogP contribution in [0.1, 0.15) is 11.1 Å². The van der Waals surface area contributed by atoms with Gasteiger partial charge in [0.25, 0.3) is 0 Å². The molecule has 1 amide bonds. The molecule has 132 valence electrons. The van der Waals surface area contributed by atoms with E-state index in [0.717, 1.165) is 39.6 Å². The number of fused-ring (bicyclic) bond motifs is 3. The fraction of sp³-hybridized carbons (Fsp3) is 0.200. The Morgan fingerprint density at radius 3 is 2.85 bits per heavy atom. The molecule has 26 heavy (non-hydrogen) atoms. The summed E-state index contributed by atoms with van der Waals surface area (Å²) in [5.41, 5.74) is 4.76. The Morgan fingerprint density at radius 1 is 1.27 bits per heavy atom. The van der Waals surface area contributed by atoms with Crippen LogP contribution < -0.4 is 14.8 Å². The maximum Gasteiger partial charge on any atom is 0.246 e. The number of methoxy groups -OCH3 is 1. The van der Waals surface area contributed by atoms with Crippen molar-refractivity contribution >= 4 is 11.6 Å². The number of ether oxygens (including phenoxy) is 2. The van der Waals surface area contributed by atoms with Crippen LogP contribution in [0.2, 0.25) is 0 Å². The second-order valence-electron chi connectivity index (χ2n) is 6.24. The van der Waals surface area contributed by atoms with Crippen molar-refractivity contribution in [1.29, 1.82) is 0 Å². The normalized spacial score (nSPS) is 11.9. The van der Waals surface area contributed by atoms with E-state index in [-0.39, 0.29) is 12.5 Å². The van der Waals surface area contributed by atoms with Crippen LogP contribution in [0.4, 0.5) is 5.69 Å². The molecule has 3 aromatic rings. The maximum absolute atomic E-state index is 12.5. The zero-order chi connectivity index (χ0) is 18.1. The monoisotopic (exact) mass is 349 g/mol. The van der Waals surface area contributed by atoms with Gasteiger partial charge in [-0.25, -0.2) is 0 Å². The van der Waals surface area contributed by atoms with E-state index < -0.39 is 0 Å². The molecule has 0 saturated heterocycles. The van der Waals surface area contributed by atoms with Crippen molar-refractivity contribution in [1.82, 2.24) is 9.78 Å². The molecule has 6 heteroatoms. The van der Waals surface area contributed by atoms with E-state index in [2.05, 4.69) is 16.5 Å². The largest absolute Gasteiger partial charge is 0.497 e. The van der Waals surface area contributed by atoms with Gasteiger partial charge in [-0.1, -0.05) is 11.6 Å². The molecule has 0 radical (unpaired) electrons. The summed E-state index contributed by atoms with van der Waals surface area (Å²) in [5.74, 6) is 1.43. The summed E-state index contributed by atoms with van der Waals surface area (Å²) < 4.78 is 12.6. The number of anilines is 1. The predicted octanol–water partition coefficient (Wildman–Crippen LogP) is 3.40. The minimum absolute atomic E-state index is 0.134. The van der Waals surface area contributed by atoms with E-state index >= 15 is 0 Å². The van der Waals surface area contributed by atoms with Crippen LogP contribution in [0.3, 0.4) is 0 Å². The van der Waals surface area contributed by atoms with Gasteiger partial charge in [0.2, 0.25) is 5.91 Å². The molecule has 1 aliphatic rings. The highest BCUT2D eigenvalue weighted by molar-refractivity contribution is 5.91. The van der Waals surface area contributed by atoms with Gasteiger partial charge >= 0.3 is 0 Å². The van der Waals surface area contributed by atoms with Crippen molar-refractivity contribution < 1.29 is 14.3 Å². The van der Waals surface area contributed by atoms with Crippen LogP contribution in [0.5, 0.6) is 11.5 Å². The van der Waals surface area contributed by atoms with Gasteiger partial charge in [-0.2, -0.15) is 5.10 Å².